The van der Waals surface area contributed by atoms with Gasteiger partial charge in [-0.1, -0.05) is 63.6 Å². The van der Waals surface area contributed by atoms with Crippen LogP contribution in [0.2, 0.25) is 0 Å². The molecule has 1 spiro atoms. The van der Waals surface area contributed by atoms with E-state index in [0.717, 1.165) is 5.23 Å². The highest BCUT2D eigenvalue weighted by atomic mass is 32.2. The highest BCUT2D eigenvalue weighted by Gasteiger charge is 2.48. The summed E-state index contributed by atoms with van der Waals surface area (Å²) in [6.07, 6.45) is 18.0. The zero-order valence-electron chi connectivity index (χ0n) is 14.3. The van der Waals surface area contributed by atoms with E-state index in [-0.39, 0.29) is 5.54 Å². The fourth-order valence-corrected chi connectivity index (χ4v) is 5.64. The van der Waals surface area contributed by atoms with Crippen molar-refractivity contribution in [3.05, 3.63) is 0 Å². The van der Waals surface area contributed by atoms with Gasteiger partial charge in [-0.05, 0) is 38.5 Å². The van der Waals surface area contributed by atoms with Crippen LogP contribution in [0.4, 0.5) is 0 Å². The summed E-state index contributed by atoms with van der Waals surface area (Å²) >= 11 is 1.90. The first kappa shape index (κ1) is 16.7. The summed E-state index contributed by atoms with van der Waals surface area (Å²) in [5, 5.41) is 1.04. The highest BCUT2D eigenvalue weighted by molar-refractivity contribution is 8.13. The van der Waals surface area contributed by atoms with Gasteiger partial charge in [-0.15, -0.1) is 0 Å². The summed E-state index contributed by atoms with van der Waals surface area (Å²) in [5.41, 5.74) is 0.257. The van der Waals surface area contributed by atoms with Crippen LogP contribution in [0.3, 0.4) is 0 Å². The quantitative estimate of drug-likeness (QED) is 0.583. The van der Waals surface area contributed by atoms with E-state index in [0.29, 0.717) is 12.0 Å². The summed E-state index contributed by atoms with van der Waals surface area (Å²) in [6.45, 7) is 2.28. The van der Waals surface area contributed by atoms with Crippen LogP contribution in [-0.2, 0) is 4.74 Å². The maximum absolute atomic E-state index is 6.34. The van der Waals surface area contributed by atoms with Crippen LogP contribution >= 0.6 is 11.8 Å². The first-order valence-electron chi connectivity index (χ1n) is 9.73. The fraction of sp³-hybridized carbons (Fsp3) is 0.947. The summed E-state index contributed by atoms with van der Waals surface area (Å²) in [7, 11) is 0. The molecule has 0 amide bonds. The minimum Gasteiger partial charge on any atom is -0.469 e. The van der Waals surface area contributed by atoms with E-state index in [1.807, 2.05) is 11.8 Å². The molecule has 22 heavy (non-hydrogen) atoms. The minimum absolute atomic E-state index is 0.257. The van der Waals surface area contributed by atoms with Crippen molar-refractivity contribution in [2.75, 3.05) is 5.75 Å². The number of aliphatic imine (C=N–C) groups is 1. The van der Waals surface area contributed by atoms with Gasteiger partial charge in [-0.25, -0.2) is 4.99 Å². The van der Waals surface area contributed by atoms with Gasteiger partial charge in [-0.2, -0.15) is 0 Å². The van der Waals surface area contributed by atoms with E-state index in [9.17, 15) is 0 Å². The SMILES string of the molecule is CCCCCCSC1=NC2(CCCCC2)C2CCCCC2O1. The number of rotatable bonds is 5. The largest absolute Gasteiger partial charge is 0.469 e. The molecule has 0 radical (unpaired) electrons. The van der Waals surface area contributed by atoms with Crippen LogP contribution in [0, 0.1) is 5.92 Å². The molecule has 0 N–H and O–H groups in total. The average molecular weight is 324 g/mol. The number of hydrogen-bond acceptors (Lipinski definition) is 3. The topological polar surface area (TPSA) is 21.6 Å². The Morgan fingerprint density at radius 3 is 2.68 bits per heavy atom. The third kappa shape index (κ3) is 3.83. The van der Waals surface area contributed by atoms with Crippen LogP contribution in [0.25, 0.3) is 0 Å². The van der Waals surface area contributed by atoms with Gasteiger partial charge in [-0.3, -0.25) is 0 Å². The van der Waals surface area contributed by atoms with Crippen molar-refractivity contribution in [2.45, 2.75) is 102 Å². The van der Waals surface area contributed by atoms with Gasteiger partial charge in [0.25, 0.3) is 0 Å². The van der Waals surface area contributed by atoms with Gasteiger partial charge < -0.3 is 4.74 Å². The van der Waals surface area contributed by atoms with Crippen LogP contribution in [-0.4, -0.2) is 22.6 Å². The standard InChI is InChI=1S/C19H33NOS/c1-2-3-4-10-15-22-18-20-19(13-8-5-9-14-19)16-11-6-7-12-17(16)21-18/h16-17H,2-15H2,1H3. The zero-order chi connectivity index (χ0) is 15.3. The molecule has 0 saturated heterocycles. The van der Waals surface area contributed by atoms with Gasteiger partial charge in [0.05, 0.1) is 5.54 Å². The van der Waals surface area contributed by atoms with E-state index in [1.54, 1.807) is 0 Å². The van der Waals surface area contributed by atoms with E-state index >= 15 is 0 Å². The lowest BCUT2D eigenvalue weighted by Crippen LogP contribution is -2.51. The normalized spacial score (nSPS) is 30.5. The number of unbranched alkanes of at least 4 members (excludes halogenated alkanes) is 3. The minimum atomic E-state index is 0.257. The lowest BCUT2D eigenvalue weighted by atomic mass is 9.66. The Bertz CT molecular complexity index is 376. The van der Waals surface area contributed by atoms with Crippen molar-refractivity contribution >= 4 is 17.0 Å². The lowest BCUT2D eigenvalue weighted by Gasteiger charge is -2.49. The third-order valence-electron chi connectivity index (χ3n) is 5.90. The number of fused-ring (bicyclic) bond motifs is 2. The Morgan fingerprint density at radius 2 is 1.86 bits per heavy atom. The Kier molecular flexibility index (Phi) is 6.12. The van der Waals surface area contributed by atoms with Crippen molar-refractivity contribution in [3.8, 4) is 0 Å². The molecule has 2 aliphatic carbocycles. The first-order chi connectivity index (χ1) is 10.8. The Hall–Kier alpha value is -0.180. The van der Waals surface area contributed by atoms with Crippen molar-refractivity contribution in [1.29, 1.82) is 0 Å². The van der Waals surface area contributed by atoms with Crippen LogP contribution in [0.5, 0.6) is 0 Å². The van der Waals surface area contributed by atoms with Crippen LogP contribution in [0.15, 0.2) is 4.99 Å². The maximum atomic E-state index is 6.34. The second kappa shape index (κ2) is 8.08. The van der Waals surface area contributed by atoms with Crippen molar-refractivity contribution < 1.29 is 4.74 Å². The molecule has 0 aromatic rings. The van der Waals surface area contributed by atoms with E-state index in [2.05, 4.69) is 6.92 Å². The monoisotopic (exact) mass is 323 g/mol. The lowest BCUT2D eigenvalue weighted by molar-refractivity contribution is 0.00299. The summed E-state index contributed by atoms with van der Waals surface area (Å²) in [6, 6.07) is 0. The van der Waals surface area contributed by atoms with E-state index < -0.39 is 0 Å². The second-order valence-corrected chi connectivity index (χ2v) is 8.54. The third-order valence-corrected chi connectivity index (χ3v) is 6.83. The summed E-state index contributed by atoms with van der Waals surface area (Å²) < 4.78 is 6.34. The first-order valence-corrected chi connectivity index (χ1v) is 10.7. The molecule has 2 nitrogen and oxygen atoms in total. The van der Waals surface area contributed by atoms with Crippen molar-refractivity contribution in [1.82, 2.24) is 0 Å². The molecular weight excluding hydrogens is 290 g/mol. The second-order valence-electron chi connectivity index (χ2n) is 7.50. The molecule has 2 atom stereocenters. The van der Waals surface area contributed by atoms with Gasteiger partial charge in [0.1, 0.15) is 6.10 Å². The molecule has 0 bridgehead atoms. The van der Waals surface area contributed by atoms with Gasteiger partial charge >= 0.3 is 0 Å². The van der Waals surface area contributed by atoms with E-state index in [4.69, 9.17) is 9.73 Å². The molecule has 3 aliphatic rings. The number of nitrogens with zero attached hydrogens (tertiary/aromatic N) is 1. The Balaban J connectivity index is 1.64. The predicted octanol–water partition coefficient (Wildman–Crippen LogP) is 5.95. The molecule has 3 rings (SSSR count). The molecule has 3 heteroatoms. The number of thioether (sulfide) groups is 1. The molecule has 2 fully saturated rings. The Morgan fingerprint density at radius 1 is 1.05 bits per heavy atom. The molecule has 0 aromatic heterocycles. The molecule has 126 valence electrons. The van der Waals surface area contributed by atoms with Gasteiger partial charge in [0.15, 0.2) is 0 Å². The summed E-state index contributed by atoms with van der Waals surface area (Å²) in [5.74, 6) is 1.90. The number of ether oxygens (including phenoxy) is 1. The van der Waals surface area contributed by atoms with Crippen molar-refractivity contribution in [3.63, 3.8) is 0 Å². The van der Waals surface area contributed by atoms with Crippen LogP contribution < -0.4 is 0 Å². The molecule has 1 heterocycles. The molecular formula is C19H33NOS. The van der Waals surface area contributed by atoms with Gasteiger partial charge in [0.2, 0.25) is 5.23 Å². The van der Waals surface area contributed by atoms with E-state index in [1.165, 1.54) is 89.2 Å². The molecule has 1 aliphatic heterocycles. The highest BCUT2D eigenvalue weighted by Crippen LogP contribution is 2.48. The van der Waals surface area contributed by atoms with Crippen LogP contribution in [0.1, 0.15) is 90.4 Å². The van der Waals surface area contributed by atoms with Gasteiger partial charge in [0, 0.05) is 11.7 Å². The zero-order valence-corrected chi connectivity index (χ0v) is 15.1. The fourth-order valence-electron chi connectivity index (χ4n) is 4.67. The maximum Gasteiger partial charge on any atom is 0.246 e. The average Bonchev–Trinajstić information content (AvgIpc) is 2.56. The molecule has 0 aromatic carbocycles. The number of hydrogen-bond donors (Lipinski definition) is 0. The van der Waals surface area contributed by atoms with Crippen molar-refractivity contribution in [2.24, 2.45) is 10.9 Å². The Labute approximate surface area is 140 Å². The summed E-state index contributed by atoms with van der Waals surface area (Å²) in [4.78, 5) is 5.23. The smallest absolute Gasteiger partial charge is 0.246 e. The predicted molar refractivity (Wildman–Crippen MR) is 96.7 cm³/mol. The molecule has 2 unspecified atom stereocenters. The molecule has 2 saturated carbocycles.